The first-order valence-electron chi connectivity index (χ1n) is 6.29. The maximum absolute atomic E-state index is 12.4. The Balaban J connectivity index is 1.95. The molecule has 2 aromatic rings. The van der Waals surface area contributed by atoms with Crippen molar-refractivity contribution in [1.82, 2.24) is 5.32 Å². The number of carbonyl (C=O) groups is 1. The second kappa shape index (κ2) is 4.86. The summed E-state index contributed by atoms with van der Waals surface area (Å²) in [6.07, 6.45) is 0. The van der Waals surface area contributed by atoms with E-state index in [4.69, 9.17) is 4.74 Å². The molecule has 0 aromatic heterocycles. The fourth-order valence-electron chi connectivity index (χ4n) is 2.37. The zero-order valence-electron chi connectivity index (χ0n) is 10.8. The third-order valence-corrected chi connectivity index (χ3v) is 3.43. The summed E-state index contributed by atoms with van der Waals surface area (Å²) in [5.41, 5.74) is 3.89. The van der Waals surface area contributed by atoms with Crippen LogP contribution in [0.3, 0.4) is 0 Å². The number of hydrogen-bond acceptors (Lipinski definition) is 3. The summed E-state index contributed by atoms with van der Waals surface area (Å²) in [4.78, 5) is 12.4. The molecule has 1 aliphatic rings. The zero-order chi connectivity index (χ0) is 13.2. The summed E-state index contributed by atoms with van der Waals surface area (Å²) in [6.45, 7) is 1.73. The number of carbonyl (C=O) groups excluding carboxylic acids is 1. The van der Waals surface area contributed by atoms with E-state index in [1.807, 2.05) is 36.4 Å². The molecule has 2 aromatic carbocycles. The number of fused-ring (bicyclic) bond motifs is 1. The highest BCUT2D eigenvalue weighted by atomic mass is 16.5. The van der Waals surface area contributed by atoms with Gasteiger partial charge in [0, 0.05) is 24.2 Å². The van der Waals surface area contributed by atoms with E-state index in [0.717, 1.165) is 18.7 Å². The van der Waals surface area contributed by atoms with Gasteiger partial charge in [0.1, 0.15) is 5.75 Å². The second-order valence-corrected chi connectivity index (χ2v) is 4.65. The van der Waals surface area contributed by atoms with E-state index in [1.54, 1.807) is 13.2 Å². The van der Waals surface area contributed by atoms with Crippen LogP contribution in [-0.2, 0) is 13.1 Å². The molecule has 3 nitrogen and oxygen atoms in total. The predicted octanol–water partition coefficient (Wildman–Crippen LogP) is 2.53. The van der Waals surface area contributed by atoms with Gasteiger partial charge in [-0.15, -0.1) is 0 Å². The van der Waals surface area contributed by atoms with Crippen molar-refractivity contribution in [1.29, 1.82) is 0 Å². The van der Waals surface area contributed by atoms with Gasteiger partial charge in [-0.2, -0.15) is 0 Å². The van der Waals surface area contributed by atoms with Crippen LogP contribution in [0.2, 0.25) is 0 Å². The van der Waals surface area contributed by atoms with Crippen LogP contribution in [-0.4, -0.2) is 12.9 Å². The number of rotatable bonds is 3. The molecule has 0 saturated heterocycles. The van der Waals surface area contributed by atoms with Crippen LogP contribution in [0.5, 0.6) is 5.75 Å². The molecule has 19 heavy (non-hydrogen) atoms. The third-order valence-electron chi connectivity index (χ3n) is 3.43. The van der Waals surface area contributed by atoms with Crippen LogP contribution in [0.25, 0.3) is 0 Å². The molecule has 96 valence electrons. The summed E-state index contributed by atoms with van der Waals surface area (Å²) in [6, 6.07) is 13.2. The number of ether oxygens (including phenoxy) is 1. The average Bonchev–Trinajstić information content (AvgIpc) is 2.94. The molecule has 0 fully saturated rings. The lowest BCUT2D eigenvalue weighted by Crippen LogP contribution is -2.03. The van der Waals surface area contributed by atoms with Crippen molar-refractivity contribution in [2.24, 2.45) is 0 Å². The molecule has 0 amide bonds. The molecule has 1 heterocycles. The van der Waals surface area contributed by atoms with Gasteiger partial charge in [-0.25, -0.2) is 0 Å². The normalized spacial score (nSPS) is 13.1. The van der Waals surface area contributed by atoms with Gasteiger partial charge in [0.25, 0.3) is 0 Å². The Bertz CT molecular complexity index is 634. The molecule has 1 aliphatic heterocycles. The highest BCUT2D eigenvalue weighted by molar-refractivity contribution is 6.09. The number of ketones is 1. The fraction of sp³-hybridized carbons (Fsp3) is 0.188. The van der Waals surface area contributed by atoms with Gasteiger partial charge < -0.3 is 10.1 Å². The summed E-state index contributed by atoms with van der Waals surface area (Å²) < 4.78 is 5.15. The molecule has 0 bridgehead atoms. The number of hydrogen-bond donors (Lipinski definition) is 1. The van der Waals surface area contributed by atoms with E-state index in [9.17, 15) is 4.79 Å². The second-order valence-electron chi connectivity index (χ2n) is 4.65. The van der Waals surface area contributed by atoms with Crippen LogP contribution < -0.4 is 10.1 Å². The van der Waals surface area contributed by atoms with Crippen molar-refractivity contribution < 1.29 is 9.53 Å². The van der Waals surface area contributed by atoms with Crippen molar-refractivity contribution in [2.75, 3.05) is 7.11 Å². The first-order chi connectivity index (χ1) is 9.28. The highest BCUT2D eigenvalue weighted by Gasteiger charge is 2.15. The molecular formula is C16H15NO2. The quantitative estimate of drug-likeness (QED) is 0.854. The van der Waals surface area contributed by atoms with Gasteiger partial charge in [0.05, 0.1) is 7.11 Å². The summed E-state index contributed by atoms with van der Waals surface area (Å²) in [7, 11) is 1.60. The van der Waals surface area contributed by atoms with Gasteiger partial charge in [0.15, 0.2) is 5.78 Å². The minimum Gasteiger partial charge on any atom is -0.497 e. The maximum atomic E-state index is 12.4. The van der Waals surface area contributed by atoms with E-state index in [1.165, 1.54) is 11.1 Å². The first-order valence-corrected chi connectivity index (χ1v) is 6.29. The summed E-state index contributed by atoms with van der Waals surface area (Å²) >= 11 is 0. The molecular weight excluding hydrogens is 238 g/mol. The SMILES string of the molecule is COc1cccc(C(=O)c2ccc3c(c2)CNC3)c1. The molecule has 0 saturated carbocycles. The van der Waals surface area contributed by atoms with Crippen molar-refractivity contribution in [3.8, 4) is 5.75 Å². The minimum atomic E-state index is 0.0357. The first kappa shape index (κ1) is 11.9. The van der Waals surface area contributed by atoms with Crippen molar-refractivity contribution in [2.45, 2.75) is 13.1 Å². The van der Waals surface area contributed by atoms with Gasteiger partial charge in [-0.3, -0.25) is 4.79 Å². The minimum absolute atomic E-state index is 0.0357. The Morgan fingerprint density at radius 1 is 1.05 bits per heavy atom. The largest absolute Gasteiger partial charge is 0.497 e. The topological polar surface area (TPSA) is 38.3 Å². The lowest BCUT2D eigenvalue weighted by molar-refractivity contribution is 0.103. The summed E-state index contributed by atoms with van der Waals surface area (Å²) in [5.74, 6) is 0.738. The average molecular weight is 253 g/mol. The van der Waals surface area contributed by atoms with Gasteiger partial charge >= 0.3 is 0 Å². The predicted molar refractivity (Wildman–Crippen MR) is 73.4 cm³/mol. The zero-order valence-corrected chi connectivity index (χ0v) is 10.8. The molecule has 3 rings (SSSR count). The molecule has 0 unspecified atom stereocenters. The van der Waals surface area contributed by atoms with Gasteiger partial charge in [0.2, 0.25) is 0 Å². The monoisotopic (exact) mass is 253 g/mol. The molecule has 0 radical (unpaired) electrons. The summed E-state index contributed by atoms with van der Waals surface area (Å²) in [5, 5.41) is 3.28. The molecule has 0 atom stereocenters. The van der Waals surface area contributed by atoms with Crippen LogP contribution in [0.4, 0.5) is 0 Å². The third kappa shape index (κ3) is 2.25. The Morgan fingerprint density at radius 2 is 1.84 bits per heavy atom. The van der Waals surface area contributed by atoms with Crippen LogP contribution >= 0.6 is 0 Å². The number of methoxy groups -OCH3 is 1. The number of benzene rings is 2. The Morgan fingerprint density at radius 3 is 2.68 bits per heavy atom. The van der Waals surface area contributed by atoms with Crippen molar-refractivity contribution in [3.63, 3.8) is 0 Å². The highest BCUT2D eigenvalue weighted by Crippen LogP contribution is 2.21. The van der Waals surface area contributed by atoms with Crippen molar-refractivity contribution >= 4 is 5.78 Å². The Labute approximate surface area is 112 Å². The van der Waals surface area contributed by atoms with Crippen molar-refractivity contribution in [3.05, 3.63) is 64.7 Å². The molecule has 3 heteroatoms. The Hall–Kier alpha value is -2.13. The van der Waals surface area contributed by atoms with Crippen LogP contribution in [0.1, 0.15) is 27.0 Å². The smallest absolute Gasteiger partial charge is 0.193 e. The van der Waals surface area contributed by atoms with E-state index in [0.29, 0.717) is 11.3 Å². The lowest BCUT2D eigenvalue weighted by Gasteiger charge is -2.06. The van der Waals surface area contributed by atoms with Gasteiger partial charge in [-0.05, 0) is 29.3 Å². The maximum Gasteiger partial charge on any atom is 0.193 e. The van der Waals surface area contributed by atoms with Crippen LogP contribution in [0.15, 0.2) is 42.5 Å². The molecule has 0 spiro atoms. The van der Waals surface area contributed by atoms with E-state index < -0.39 is 0 Å². The van der Waals surface area contributed by atoms with Crippen LogP contribution in [0, 0.1) is 0 Å². The number of nitrogens with one attached hydrogen (secondary N) is 1. The van der Waals surface area contributed by atoms with E-state index in [2.05, 4.69) is 5.32 Å². The van der Waals surface area contributed by atoms with Gasteiger partial charge in [-0.1, -0.05) is 24.3 Å². The standard InChI is InChI=1S/C16H15NO2/c1-19-15-4-2-3-11(8-15)16(18)12-5-6-13-9-17-10-14(13)7-12/h2-8,17H,9-10H2,1H3. The fourth-order valence-corrected chi connectivity index (χ4v) is 2.37. The van der Waals surface area contributed by atoms with E-state index >= 15 is 0 Å². The molecule has 1 N–H and O–H groups in total. The molecule has 0 aliphatic carbocycles. The Kier molecular flexibility index (Phi) is 3.05. The lowest BCUT2D eigenvalue weighted by atomic mass is 9.99. The van der Waals surface area contributed by atoms with E-state index in [-0.39, 0.29) is 5.78 Å².